The molecule has 5 amide bonds. The summed E-state index contributed by atoms with van der Waals surface area (Å²) in [5, 5.41) is 21.4. The molecule has 0 saturated heterocycles. The third kappa shape index (κ3) is 9.38. The number of alkyl halides is 1. The second-order valence-electron chi connectivity index (χ2n) is 12.5. The molecule has 9 N–H and O–H groups in total. The maximum absolute atomic E-state index is 13.4. The van der Waals surface area contributed by atoms with E-state index in [2.05, 4.69) is 36.2 Å². The van der Waals surface area contributed by atoms with Crippen LogP contribution in [-0.2, 0) is 9.59 Å². The topological polar surface area (TPSA) is 241 Å². The molecule has 0 fully saturated rings. The van der Waals surface area contributed by atoms with Crippen molar-refractivity contribution in [3.63, 3.8) is 0 Å². The molecular formula is C36H39Cl2N9O7. The van der Waals surface area contributed by atoms with Gasteiger partial charge in [-0.1, -0.05) is 6.07 Å². The van der Waals surface area contributed by atoms with Crippen LogP contribution in [0, 0.1) is 0 Å². The first-order valence-corrected chi connectivity index (χ1v) is 17.5. The van der Waals surface area contributed by atoms with E-state index >= 15 is 0 Å². The molecule has 5 aromatic rings. The average Bonchev–Trinajstić information content (AvgIpc) is 3.95. The van der Waals surface area contributed by atoms with Crippen molar-refractivity contribution < 1.29 is 33.5 Å². The van der Waals surface area contributed by atoms with Gasteiger partial charge in [-0.05, 0) is 67.8 Å². The Hall–Kier alpha value is -5.84. The number of halogens is 2. The van der Waals surface area contributed by atoms with Gasteiger partial charge in [-0.2, -0.15) is 0 Å². The number of unbranched alkanes of at least 4 members (excludes halogenated alkanes) is 1. The van der Waals surface area contributed by atoms with Gasteiger partial charge in [0, 0.05) is 61.1 Å². The Morgan fingerprint density at radius 1 is 0.944 bits per heavy atom. The standard InChI is InChI=1S/C36H38ClN9O7.ClH/c37-16-21-19-46(27-15-24(47)7-8-25(21)27)36(52)29-13-20-12-22(6-9-28(20)53-29)42-31(48)4-3-5-32(49)43-23-14-26(40-17-23)34(50)45-30-18-41-33(44-30)35(51)39-11-2-1-10-38;/h6-9,12-15,17-18,21,40,47H,1-5,10-11,16,19,38H2,(H,39,51)(H,41,44)(H,42,48)(H,43,49)(H,45,50);1H. The van der Waals surface area contributed by atoms with E-state index < -0.39 is 11.8 Å². The maximum atomic E-state index is 13.4. The van der Waals surface area contributed by atoms with E-state index in [1.165, 1.54) is 24.5 Å². The Balaban J connectivity index is 0.00000561. The number of anilines is 4. The molecule has 0 bridgehead atoms. The van der Waals surface area contributed by atoms with Crippen LogP contribution in [0.1, 0.15) is 75.2 Å². The monoisotopic (exact) mass is 779 g/mol. The molecule has 54 heavy (non-hydrogen) atoms. The quantitative estimate of drug-likeness (QED) is 0.0522. The van der Waals surface area contributed by atoms with Gasteiger partial charge >= 0.3 is 0 Å². The Morgan fingerprint density at radius 2 is 1.72 bits per heavy atom. The lowest BCUT2D eigenvalue weighted by molar-refractivity contribution is -0.117. The largest absolute Gasteiger partial charge is 0.508 e. The molecule has 4 heterocycles. The number of aromatic amines is 2. The predicted octanol–water partition coefficient (Wildman–Crippen LogP) is 5.06. The molecule has 3 aromatic heterocycles. The molecule has 284 valence electrons. The number of furan rings is 1. The minimum Gasteiger partial charge on any atom is -0.508 e. The molecule has 1 unspecified atom stereocenters. The highest BCUT2D eigenvalue weighted by atomic mass is 35.5. The average molecular weight is 781 g/mol. The first kappa shape index (κ1) is 39.4. The number of imidazole rings is 1. The molecule has 1 atom stereocenters. The smallest absolute Gasteiger partial charge is 0.294 e. The third-order valence-electron chi connectivity index (χ3n) is 8.56. The summed E-state index contributed by atoms with van der Waals surface area (Å²) in [7, 11) is 0. The van der Waals surface area contributed by atoms with Gasteiger partial charge in [-0.15, -0.1) is 24.0 Å². The van der Waals surface area contributed by atoms with Gasteiger partial charge in [0.1, 0.15) is 22.8 Å². The number of aromatic nitrogens is 3. The zero-order chi connectivity index (χ0) is 37.5. The normalized spacial score (nSPS) is 13.2. The van der Waals surface area contributed by atoms with E-state index in [1.54, 1.807) is 41.3 Å². The molecule has 1 aliphatic rings. The number of nitrogens with two attached hydrogens (primary N) is 1. The van der Waals surface area contributed by atoms with Crippen molar-refractivity contribution >= 4 is 87.4 Å². The highest BCUT2D eigenvalue weighted by Gasteiger charge is 2.34. The van der Waals surface area contributed by atoms with Gasteiger partial charge in [-0.25, -0.2) is 4.98 Å². The summed E-state index contributed by atoms with van der Waals surface area (Å²) >= 11 is 6.14. The van der Waals surface area contributed by atoms with Crippen LogP contribution < -0.4 is 31.9 Å². The van der Waals surface area contributed by atoms with Crippen molar-refractivity contribution in [2.45, 2.75) is 38.0 Å². The number of nitrogens with one attached hydrogen (secondary N) is 6. The summed E-state index contributed by atoms with van der Waals surface area (Å²) in [5.41, 5.74) is 8.40. The summed E-state index contributed by atoms with van der Waals surface area (Å²) in [6, 6.07) is 12.9. The number of carbonyl (C=O) groups is 5. The highest BCUT2D eigenvalue weighted by molar-refractivity contribution is 6.19. The van der Waals surface area contributed by atoms with E-state index in [1.807, 2.05) is 0 Å². The van der Waals surface area contributed by atoms with Crippen LogP contribution in [0.5, 0.6) is 5.75 Å². The summed E-state index contributed by atoms with van der Waals surface area (Å²) in [6.07, 6.45) is 4.71. The number of H-pyrrole nitrogens is 2. The van der Waals surface area contributed by atoms with Gasteiger partial charge in [0.05, 0.1) is 17.6 Å². The highest BCUT2D eigenvalue weighted by Crippen LogP contribution is 2.40. The molecule has 6 rings (SSSR count). The van der Waals surface area contributed by atoms with Crippen LogP contribution >= 0.6 is 24.0 Å². The van der Waals surface area contributed by atoms with Crippen LogP contribution in [0.4, 0.5) is 22.9 Å². The number of amides is 5. The Morgan fingerprint density at radius 3 is 2.48 bits per heavy atom. The summed E-state index contributed by atoms with van der Waals surface area (Å²) in [5.74, 6) is -1.27. The molecular weight excluding hydrogens is 741 g/mol. The summed E-state index contributed by atoms with van der Waals surface area (Å²) in [4.78, 5) is 74.6. The van der Waals surface area contributed by atoms with E-state index in [-0.39, 0.29) is 84.2 Å². The number of aromatic hydroxyl groups is 1. The molecule has 18 heteroatoms. The first-order chi connectivity index (χ1) is 25.6. The Bertz CT molecular complexity index is 2160. The lowest BCUT2D eigenvalue weighted by Gasteiger charge is -2.16. The number of benzene rings is 2. The van der Waals surface area contributed by atoms with Crippen molar-refractivity contribution in [1.82, 2.24) is 20.3 Å². The minimum absolute atomic E-state index is 0. The fourth-order valence-electron chi connectivity index (χ4n) is 5.91. The molecule has 0 saturated carbocycles. The Labute approximate surface area is 320 Å². The van der Waals surface area contributed by atoms with E-state index in [0.717, 1.165) is 18.4 Å². The van der Waals surface area contributed by atoms with E-state index in [4.69, 9.17) is 21.8 Å². The number of carbonyl (C=O) groups excluding carboxylic acids is 5. The van der Waals surface area contributed by atoms with Crippen LogP contribution in [0.25, 0.3) is 11.0 Å². The molecule has 0 spiro atoms. The molecule has 0 radical (unpaired) electrons. The predicted molar refractivity (Wildman–Crippen MR) is 206 cm³/mol. The van der Waals surface area contributed by atoms with Crippen molar-refractivity contribution in [2.75, 3.05) is 46.4 Å². The van der Waals surface area contributed by atoms with Crippen LogP contribution in [-0.4, -0.2) is 75.1 Å². The van der Waals surface area contributed by atoms with Gasteiger partial charge in [-0.3, -0.25) is 24.0 Å². The molecule has 2 aromatic carbocycles. The van der Waals surface area contributed by atoms with Gasteiger partial charge in [0.25, 0.3) is 17.7 Å². The van der Waals surface area contributed by atoms with Crippen molar-refractivity contribution in [3.8, 4) is 5.75 Å². The second-order valence-corrected chi connectivity index (χ2v) is 12.8. The number of nitrogens with zero attached hydrogens (tertiary/aromatic N) is 2. The van der Waals surface area contributed by atoms with Crippen LogP contribution in [0.3, 0.4) is 0 Å². The zero-order valence-corrected chi connectivity index (χ0v) is 30.4. The zero-order valence-electron chi connectivity index (χ0n) is 28.9. The van der Waals surface area contributed by atoms with Crippen molar-refractivity contribution in [2.24, 2.45) is 5.73 Å². The van der Waals surface area contributed by atoms with E-state index in [9.17, 15) is 29.1 Å². The van der Waals surface area contributed by atoms with Gasteiger partial charge < -0.3 is 51.4 Å². The van der Waals surface area contributed by atoms with Gasteiger partial charge in [0.15, 0.2) is 11.6 Å². The number of hydrogen-bond acceptors (Lipinski definition) is 9. The number of hydrogen-bond donors (Lipinski definition) is 8. The van der Waals surface area contributed by atoms with Crippen molar-refractivity contribution in [3.05, 3.63) is 83.8 Å². The molecule has 16 nitrogen and oxygen atoms in total. The fourth-order valence-corrected chi connectivity index (χ4v) is 6.17. The lowest BCUT2D eigenvalue weighted by Crippen LogP contribution is -2.29. The SMILES string of the molecule is Cl.NCCCCNC(=O)c1ncc(NC(=O)c2cc(NC(=O)CCCC(=O)Nc3ccc4oc(C(=O)N5CC(CCl)c6ccc(O)cc65)cc4c3)c[nH]2)[nH]1. The summed E-state index contributed by atoms with van der Waals surface area (Å²) < 4.78 is 5.83. The van der Waals surface area contributed by atoms with Crippen LogP contribution in [0.2, 0.25) is 0 Å². The second kappa shape index (κ2) is 17.8. The Kier molecular flexibility index (Phi) is 13.0. The third-order valence-corrected chi connectivity index (χ3v) is 8.94. The molecule has 1 aliphatic heterocycles. The minimum atomic E-state index is -0.518. The lowest BCUT2D eigenvalue weighted by atomic mass is 10.0. The van der Waals surface area contributed by atoms with E-state index in [0.29, 0.717) is 53.5 Å². The number of rotatable bonds is 15. The maximum Gasteiger partial charge on any atom is 0.294 e. The first-order valence-electron chi connectivity index (χ1n) is 17.0. The number of phenols is 1. The number of fused-ring (bicyclic) bond motifs is 2. The number of phenolic OH excluding ortho intramolecular Hbond substituents is 1. The van der Waals surface area contributed by atoms with Gasteiger partial charge in [0.2, 0.25) is 11.8 Å². The summed E-state index contributed by atoms with van der Waals surface area (Å²) in [6.45, 7) is 1.35. The molecule has 0 aliphatic carbocycles. The van der Waals surface area contributed by atoms with Crippen LogP contribution in [0.15, 0.2) is 65.3 Å². The fraction of sp³-hybridized carbons (Fsp3) is 0.278. The van der Waals surface area contributed by atoms with Crippen molar-refractivity contribution in [1.29, 1.82) is 0 Å².